The van der Waals surface area contributed by atoms with Gasteiger partial charge in [-0.3, -0.25) is 0 Å². The first-order chi connectivity index (χ1) is 9.33. The third kappa shape index (κ3) is 3.22. The molecule has 2 saturated carbocycles. The molecule has 3 rings (SSSR count). The molecule has 1 aromatic rings. The van der Waals surface area contributed by atoms with Gasteiger partial charge in [0.15, 0.2) is 0 Å². The highest BCUT2D eigenvalue weighted by Gasteiger charge is 2.30. The van der Waals surface area contributed by atoms with Gasteiger partial charge in [0.1, 0.15) is 0 Å². The van der Waals surface area contributed by atoms with Crippen LogP contribution in [-0.4, -0.2) is 0 Å². The van der Waals surface area contributed by atoms with Gasteiger partial charge >= 0.3 is 0 Å². The van der Waals surface area contributed by atoms with Gasteiger partial charge in [0.05, 0.1) is 0 Å². The van der Waals surface area contributed by atoms with E-state index in [9.17, 15) is 0 Å². The third-order valence-electron chi connectivity index (χ3n) is 5.77. The standard InChI is InChI=1S/C19H28/c1-15-7-9-17(10-8-15)19-13-11-18(12-14-19)16-5-3-2-4-6-16/h2-6,15,17-19H,7-14H2,1H3. The van der Waals surface area contributed by atoms with Crippen molar-refractivity contribution in [1.29, 1.82) is 0 Å². The summed E-state index contributed by atoms with van der Waals surface area (Å²) in [6.45, 7) is 2.43. The number of hydrogen-bond acceptors (Lipinski definition) is 0. The molecule has 0 aliphatic heterocycles. The summed E-state index contributed by atoms with van der Waals surface area (Å²) in [5.41, 5.74) is 1.58. The van der Waals surface area contributed by atoms with Gasteiger partial charge < -0.3 is 0 Å². The van der Waals surface area contributed by atoms with Crippen LogP contribution in [0.25, 0.3) is 0 Å². The highest BCUT2D eigenvalue weighted by atomic mass is 14.4. The van der Waals surface area contributed by atoms with Crippen LogP contribution in [0.3, 0.4) is 0 Å². The molecule has 0 nitrogen and oxygen atoms in total. The highest BCUT2D eigenvalue weighted by Crippen LogP contribution is 2.43. The monoisotopic (exact) mass is 256 g/mol. The quantitative estimate of drug-likeness (QED) is 0.628. The summed E-state index contributed by atoms with van der Waals surface area (Å²) in [6.07, 6.45) is 11.8. The van der Waals surface area contributed by atoms with Crippen LogP contribution in [0.1, 0.15) is 69.8 Å². The summed E-state index contributed by atoms with van der Waals surface area (Å²) in [5.74, 6) is 3.96. The summed E-state index contributed by atoms with van der Waals surface area (Å²) >= 11 is 0. The summed E-state index contributed by atoms with van der Waals surface area (Å²) in [4.78, 5) is 0. The maximum atomic E-state index is 2.43. The third-order valence-corrected chi connectivity index (χ3v) is 5.77. The van der Waals surface area contributed by atoms with Crippen LogP contribution >= 0.6 is 0 Å². The van der Waals surface area contributed by atoms with Gasteiger partial charge in [0, 0.05) is 0 Å². The van der Waals surface area contributed by atoms with Crippen molar-refractivity contribution >= 4 is 0 Å². The van der Waals surface area contributed by atoms with Gasteiger partial charge in [-0.15, -0.1) is 0 Å². The zero-order valence-electron chi connectivity index (χ0n) is 12.4. The highest BCUT2D eigenvalue weighted by molar-refractivity contribution is 5.19. The molecule has 0 radical (unpaired) electrons. The number of benzene rings is 1. The average Bonchev–Trinajstić information content (AvgIpc) is 2.49. The van der Waals surface area contributed by atoms with E-state index < -0.39 is 0 Å². The average molecular weight is 256 g/mol. The number of hydrogen-bond donors (Lipinski definition) is 0. The Morgan fingerprint density at radius 1 is 0.684 bits per heavy atom. The summed E-state index contributed by atoms with van der Waals surface area (Å²) in [7, 11) is 0. The Hall–Kier alpha value is -0.780. The lowest BCUT2D eigenvalue weighted by atomic mass is 9.68. The fourth-order valence-corrected chi connectivity index (χ4v) is 4.41. The molecule has 1 aromatic carbocycles. The van der Waals surface area contributed by atoms with Crippen LogP contribution in [0.5, 0.6) is 0 Å². The molecule has 0 heteroatoms. The Labute approximate surface area is 118 Å². The first-order valence-corrected chi connectivity index (χ1v) is 8.38. The second-order valence-electron chi connectivity index (χ2n) is 7.04. The molecule has 104 valence electrons. The molecule has 0 aromatic heterocycles. The lowest BCUT2D eigenvalue weighted by Crippen LogP contribution is -2.24. The van der Waals surface area contributed by atoms with Crippen LogP contribution in [0.4, 0.5) is 0 Å². The van der Waals surface area contributed by atoms with Crippen LogP contribution in [0, 0.1) is 17.8 Å². The molecule has 0 atom stereocenters. The first-order valence-electron chi connectivity index (χ1n) is 8.38. The predicted octanol–water partition coefficient (Wildman–Crippen LogP) is 5.79. The van der Waals surface area contributed by atoms with Crippen molar-refractivity contribution in [3.8, 4) is 0 Å². The molecule has 2 aliphatic rings. The van der Waals surface area contributed by atoms with Crippen molar-refractivity contribution in [2.24, 2.45) is 17.8 Å². The normalized spacial score (nSPS) is 36.1. The van der Waals surface area contributed by atoms with Gasteiger partial charge in [-0.1, -0.05) is 50.1 Å². The van der Waals surface area contributed by atoms with Crippen molar-refractivity contribution in [3.63, 3.8) is 0 Å². The summed E-state index contributed by atoms with van der Waals surface area (Å²) in [5, 5.41) is 0. The minimum absolute atomic E-state index is 0.847. The largest absolute Gasteiger partial charge is 0.0625 e. The summed E-state index contributed by atoms with van der Waals surface area (Å²) < 4.78 is 0. The molecule has 2 fully saturated rings. The van der Waals surface area contributed by atoms with E-state index in [2.05, 4.69) is 37.3 Å². The maximum absolute atomic E-state index is 2.43. The minimum Gasteiger partial charge on any atom is -0.0625 e. The fourth-order valence-electron chi connectivity index (χ4n) is 4.41. The molecule has 0 unspecified atom stereocenters. The van der Waals surface area contributed by atoms with Crippen LogP contribution in [0.15, 0.2) is 30.3 Å². The van der Waals surface area contributed by atoms with Crippen LogP contribution < -0.4 is 0 Å². The van der Waals surface area contributed by atoms with E-state index >= 15 is 0 Å². The van der Waals surface area contributed by atoms with E-state index in [1.807, 2.05) is 0 Å². The van der Waals surface area contributed by atoms with Gasteiger partial charge in [0.2, 0.25) is 0 Å². The van der Waals surface area contributed by atoms with Crippen molar-refractivity contribution in [3.05, 3.63) is 35.9 Å². The van der Waals surface area contributed by atoms with E-state index in [-0.39, 0.29) is 0 Å². The Morgan fingerprint density at radius 3 is 1.79 bits per heavy atom. The first kappa shape index (κ1) is 13.2. The molecular formula is C19H28. The van der Waals surface area contributed by atoms with E-state index in [0.29, 0.717) is 0 Å². The van der Waals surface area contributed by atoms with Gasteiger partial charge in [0.25, 0.3) is 0 Å². The van der Waals surface area contributed by atoms with Crippen molar-refractivity contribution < 1.29 is 0 Å². The Kier molecular flexibility index (Phi) is 4.25. The Bertz CT molecular complexity index is 364. The molecule has 0 spiro atoms. The van der Waals surface area contributed by atoms with E-state index in [1.54, 1.807) is 5.56 Å². The second kappa shape index (κ2) is 6.11. The van der Waals surface area contributed by atoms with E-state index in [1.165, 1.54) is 51.4 Å². The van der Waals surface area contributed by atoms with E-state index in [4.69, 9.17) is 0 Å². The van der Waals surface area contributed by atoms with Crippen LogP contribution in [0.2, 0.25) is 0 Å². The molecule has 0 saturated heterocycles. The smallest absolute Gasteiger partial charge is 0.0162 e. The summed E-state index contributed by atoms with van der Waals surface area (Å²) in [6, 6.07) is 11.2. The lowest BCUT2D eigenvalue weighted by Gasteiger charge is -2.37. The van der Waals surface area contributed by atoms with Crippen molar-refractivity contribution in [2.45, 2.75) is 64.2 Å². The molecule has 0 amide bonds. The molecule has 0 bridgehead atoms. The second-order valence-corrected chi connectivity index (χ2v) is 7.04. The lowest BCUT2D eigenvalue weighted by molar-refractivity contribution is 0.165. The Morgan fingerprint density at radius 2 is 1.21 bits per heavy atom. The zero-order chi connectivity index (χ0) is 13.1. The molecule has 0 N–H and O–H groups in total. The minimum atomic E-state index is 0.847. The predicted molar refractivity (Wildman–Crippen MR) is 82.3 cm³/mol. The van der Waals surface area contributed by atoms with Crippen molar-refractivity contribution in [2.75, 3.05) is 0 Å². The van der Waals surface area contributed by atoms with E-state index in [0.717, 1.165) is 23.7 Å². The van der Waals surface area contributed by atoms with Gasteiger partial charge in [-0.25, -0.2) is 0 Å². The molecule has 2 aliphatic carbocycles. The molecule has 0 heterocycles. The topological polar surface area (TPSA) is 0 Å². The van der Waals surface area contributed by atoms with Gasteiger partial charge in [-0.2, -0.15) is 0 Å². The maximum Gasteiger partial charge on any atom is -0.0162 e. The number of rotatable bonds is 2. The molecule has 19 heavy (non-hydrogen) atoms. The Balaban J connectivity index is 1.52. The van der Waals surface area contributed by atoms with Crippen molar-refractivity contribution in [1.82, 2.24) is 0 Å². The zero-order valence-corrected chi connectivity index (χ0v) is 12.4. The SMILES string of the molecule is CC1CCC(C2CCC(c3ccccc3)CC2)CC1. The van der Waals surface area contributed by atoms with Gasteiger partial charge in [-0.05, 0) is 67.8 Å². The molecular weight excluding hydrogens is 228 g/mol. The fraction of sp³-hybridized carbons (Fsp3) is 0.684. The van der Waals surface area contributed by atoms with Crippen LogP contribution in [-0.2, 0) is 0 Å².